The second kappa shape index (κ2) is 5.80. The fourth-order valence-corrected chi connectivity index (χ4v) is 2.44. The Kier molecular flexibility index (Phi) is 5.02. The van der Waals surface area contributed by atoms with Crippen molar-refractivity contribution in [2.45, 2.75) is 72.0 Å². The van der Waals surface area contributed by atoms with E-state index in [-0.39, 0.29) is 28.9 Å². The quantitative estimate of drug-likeness (QED) is 0.817. The van der Waals surface area contributed by atoms with Crippen LogP contribution in [0.3, 0.4) is 0 Å². The van der Waals surface area contributed by atoms with E-state index in [1.54, 1.807) is 0 Å². The first kappa shape index (κ1) is 16.4. The van der Waals surface area contributed by atoms with Gasteiger partial charge in [0.15, 0.2) is 0 Å². The third kappa shape index (κ3) is 4.18. The highest BCUT2D eigenvalue weighted by Crippen LogP contribution is 2.28. The largest absolute Gasteiger partial charge is 0.350 e. The van der Waals surface area contributed by atoms with Crippen LogP contribution in [0.1, 0.15) is 54.4 Å². The Morgan fingerprint density at radius 3 is 2.58 bits per heavy atom. The molecule has 1 aliphatic rings. The lowest BCUT2D eigenvalue weighted by Gasteiger charge is -2.45. The van der Waals surface area contributed by atoms with Gasteiger partial charge in [-0.05, 0) is 39.0 Å². The van der Waals surface area contributed by atoms with Crippen molar-refractivity contribution in [3.05, 3.63) is 0 Å². The van der Waals surface area contributed by atoms with Gasteiger partial charge < -0.3 is 11.1 Å². The van der Waals surface area contributed by atoms with E-state index in [0.717, 1.165) is 25.9 Å². The maximum atomic E-state index is 12.3. The monoisotopic (exact) mass is 269 g/mol. The molecule has 4 nitrogen and oxygen atoms in total. The number of rotatable bonds is 4. The molecule has 1 rings (SSSR count). The number of hydrogen-bond acceptors (Lipinski definition) is 3. The first-order valence-electron chi connectivity index (χ1n) is 7.41. The molecule has 1 amide bonds. The molecule has 4 heteroatoms. The summed E-state index contributed by atoms with van der Waals surface area (Å²) >= 11 is 0. The normalized spacial score (nSPS) is 25.9. The van der Waals surface area contributed by atoms with Crippen molar-refractivity contribution >= 4 is 5.91 Å². The standard InChI is InChI=1S/C15H31N3O/c1-7-15(5,6)17-13(19)11(2)18-9-8-12(16)14(3,4)10-18/h11-12H,7-10,16H2,1-6H3,(H,17,19). The molecule has 1 fully saturated rings. The highest BCUT2D eigenvalue weighted by molar-refractivity contribution is 5.82. The molecular formula is C15H31N3O. The second-order valence-electron chi connectivity index (χ2n) is 7.26. The van der Waals surface area contributed by atoms with Gasteiger partial charge in [-0.15, -0.1) is 0 Å². The molecule has 0 bridgehead atoms. The fraction of sp³-hybridized carbons (Fsp3) is 0.933. The Morgan fingerprint density at radius 2 is 2.11 bits per heavy atom. The minimum Gasteiger partial charge on any atom is -0.350 e. The summed E-state index contributed by atoms with van der Waals surface area (Å²) in [7, 11) is 0. The maximum absolute atomic E-state index is 12.3. The summed E-state index contributed by atoms with van der Waals surface area (Å²) in [5.74, 6) is 0.123. The number of hydrogen-bond donors (Lipinski definition) is 2. The van der Waals surface area contributed by atoms with Crippen molar-refractivity contribution in [2.24, 2.45) is 11.1 Å². The van der Waals surface area contributed by atoms with Gasteiger partial charge in [-0.1, -0.05) is 20.8 Å². The van der Waals surface area contributed by atoms with Crippen LogP contribution in [-0.4, -0.2) is 41.5 Å². The SMILES string of the molecule is CCC(C)(C)NC(=O)C(C)N1CCC(N)C(C)(C)C1. The molecule has 1 saturated heterocycles. The van der Waals surface area contributed by atoms with Gasteiger partial charge in [0.25, 0.3) is 0 Å². The number of amides is 1. The molecule has 0 saturated carbocycles. The summed E-state index contributed by atoms with van der Waals surface area (Å²) < 4.78 is 0. The number of nitrogens with two attached hydrogens (primary N) is 1. The van der Waals surface area contributed by atoms with E-state index in [4.69, 9.17) is 5.73 Å². The molecule has 2 atom stereocenters. The molecule has 0 aromatic heterocycles. The topological polar surface area (TPSA) is 58.4 Å². The van der Waals surface area contributed by atoms with Gasteiger partial charge in [0, 0.05) is 24.7 Å². The summed E-state index contributed by atoms with van der Waals surface area (Å²) in [6.45, 7) is 14.4. The summed E-state index contributed by atoms with van der Waals surface area (Å²) in [6.07, 6.45) is 1.89. The van der Waals surface area contributed by atoms with Crippen LogP contribution in [-0.2, 0) is 4.79 Å². The van der Waals surface area contributed by atoms with Gasteiger partial charge in [0.2, 0.25) is 5.91 Å². The van der Waals surface area contributed by atoms with Crippen molar-refractivity contribution < 1.29 is 4.79 Å². The maximum Gasteiger partial charge on any atom is 0.237 e. The smallest absolute Gasteiger partial charge is 0.237 e. The van der Waals surface area contributed by atoms with Crippen LogP contribution >= 0.6 is 0 Å². The van der Waals surface area contributed by atoms with Gasteiger partial charge in [0.1, 0.15) is 0 Å². The Labute approximate surface area is 118 Å². The number of piperidine rings is 1. The third-order valence-electron chi connectivity index (χ3n) is 4.61. The molecule has 2 unspecified atom stereocenters. The zero-order chi connectivity index (χ0) is 14.8. The summed E-state index contributed by atoms with van der Waals surface area (Å²) in [5.41, 5.74) is 6.09. The minimum atomic E-state index is -0.132. The lowest BCUT2D eigenvalue weighted by molar-refractivity contribution is -0.128. The third-order valence-corrected chi connectivity index (χ3v) is 4.61. The van der Waals surface area contributed by atoms with Crippen LogP contribution in [0.5, 0.6) is 0 Å². The molecule has 0 aliphatic carbocycles. The Hall–Kier alpha value is -0.610. The van der Waals surface area contributed by atoms with Crippen LogP contribution < -0.4 is 11.1 Å². The highest BCUT2D eigenvalue weighted by Gasteiger charge is 2.37. The molecule has 1 aliphatic heterocycles. The van der Waals surface area contributed by atoms with Crippen LogP contribution in [0.4, 0.5) is 0 Å². The van der Waals surface area contributed by atoms with Crippen molar-refractivity contribution in [1.82, 2.24) is 10.2 Å². The zero-order valence-electron chi connectivity index (χ0n) is 13.4. The van der Waals surface area contributed by atoms with E-state index >= 15 is 0 Å². The van der Waals surface area contributed by atoms with Crippen LogP contribution in [0.25, 0.3) is 0 Å². The second-order valence-corrected chi connectivity index (χ2v) is 7.26. The van der Waals surface area contributed by atoms with Crippen LogP contribution in [0, 0.1) is 5.41 Å². The fourth-order valence-electron chi connectivity index (χ4n) is 2.44. The number of likely N-dealkylation sites (tertiary alicyclic amines) is 1. The molecule has 0 aromatic carbocycles. The minimum absolute atomic E-state index is 0.0765. The molecule has 0 aromatic rings. The first-order valence-corrected chi connectivity index (χ1v) is 7.41. The summed E-state index contributed by atoms with van der Waals surface area (Å²) in [4.78, 5) is 14.6. The van der Waals surface area contributed by atoms with E-state index in [9.17, 15) is 4.79 Å². The van der Waals surface area contributed by atoms with Gasteiger partial charge in [-0.25, -0.2) is 0 Å². The number of carbonyl (C=O) groups is 1. The van der Waals surface area contributed by atoms with E-state index in [0.29, 0.717) is 0 Å². The van der Waals surface area contributed by atoms with Crippen molar-refractivity contribution in [3.63, 3.8) is 0 Å². The van der Waals surface area contributed by atoms with Crippen molar-refractivity contribution in [1.29, 1.82) is 0 Å². The first-order chi connectivity index (χ1) is 8.59. The molecule has 112 valence electrons. The Morgan fingerprint density at radius 1 is 1.53 bits per heavy atom. The number of carbonyl (C=O) groups excluding carboxylic acids is 1. The highest BCUT2D eigenvalue weighted by atomic mass is 16.2. The zero-order valence-corrected chi connectivity index (χ0v) is 13.4. The summed E-state index contributed by atoms with van der Waals surface area (Å²) in [6, 6.07) is 0.142. The van der Waals surface area contributed by atoms with E-state index in [1.165, 1.54) is 0 Å². The summed E-state index contributed by atoms with van der Waals surface area (Å²) in [5, 5.41) is 3.13. The average molecular weight is 269 g/mol. The van der Waals surface area contributed by atoms with Gasteiger partial charge in [-0.3, -0.25) is 9.69 Å². The predicted octanol–water partition coefficient (Wildman–Crippen LogP) is 1.74. The van der Waals surface area contributed by atoms with Gasteiger partial charge in [0.05, 0.1) is 6.04 Å². The van der Waals surface area contributed by atoms with Crippen LogP contribution in [0.2, 0.25) is 0 Å². The van der Waals surface area contributed by atoms with E-state index < -0.39 is 0 Å². The number of nitrogens with one attached hydrogen (secondary N) is 1. The Bertz CT molecular complexity index is 325. The van der Waals surface area contributed by atoms with Crippen molar-refractivity contribution in [2.75, 3.05) is 13.1 Å². The lowest BCUT2D eigenvalue weighted by atomic mass is 9.79. The molecule has 3 N–H and O–H groups in total. The average Bonchev–Trinajstić information content (AvgIpc) is 2.31. The lowest BCUT2D eigenvalue weighted by Crippen LogP contribution is -2.59. The van der Waals surface area contributed by atoms with E-state index in [1.807, 2.05) is 6.92 Å². The van der Waals surface area contributed by atoms with Gasteiger partial charge >= 0.3 is 0 Å². The Balaban J connectivity index is 2.63. The molecule has 1 heterocycles. The van der Waals surface area contributed by atoms with Gasteiger partial charge in [-0.2, -0.15) is 0 Å². The number of nitrogens with zero attached hydrogens (tertiary/aromatic N) is 1. The van der Waals surface area contributed by atoms with E-state index in [2.05, 4.69) is 44.8 Å². The van der Waals surface area contributed by atoms with Crippen LogP contribution in [0.15, 0.2) is 0 Å². The molecular weight excluding hydrogens is 238 g/mol. The molecule has 0 spiro atoms. The molecule has 19 heavy (non-hydrogen) atoms. The van der Waals surface area contributed by atoms with Crippen molar-refractivity contribution in [3.8, 4) is 0 Å². The molecule has 0 radical (unpaired) electrons. The predicted molar refractivity (Wildman–Crippen MR) is 79.9 cm³/mol.